The topological polar surface area (TPSA) is 47.6 Å². The second-order valence-electron chi connectivity index (χ2n) is 3.38. The predicted octanol–water partition coefficient (Wildman–Crippen LogP) is 3.73. The largest absolute Gasteiger partial charge is 0.192 e. The van der Waals surface area contributed by atoms with Crippen LogP contribution in [0.5, 0.6) is 0 Å². The highest BCUT2D eigenvalue weighted by atomic mass is 14.2. The van der Waals surface area contributed by atoms with Crippen molar-refractivity contribution in [2.75, 3.05) is 0 Å². The van der Waals surface area contributed by atoms with Crippen molar-refractivity contribution in [1.82, 2.24) is 0 Å². The van der Waals surface area contributed by atoms with Gasteiger partial charge in [0.25, 0.3) is 0 Å². The Hall–Kier alpha value is -2.58. The first kappa shape index (κ1) is 12.5. The first-order chi connectivity index (χ1) is 7.83. The van der Waals surface area contributed by atoms with Crippen molar-refractivity contribution in [1.29, 1.82) is 10.5 Å². The third-order valence-corrected chi connectivity index (χ3v) is 2.36. The molecular weight excluding hydrogens is 208 g/mol. The van der Waals surface area contributed by atoms with Gasteiger partial charge >= 0.3 is 0 Å². The van der Waals surface area contributed by atoms with Gasteiger partial charge in [-0.25, -0.2) is 0 Å². The summed E-state index contributed by atoms with van der Waals surface area (Å²) in [4.78, 5) is 0. The average Bonchev–Trinajstić information content (AvgIpc) is 2.39. The van der Waals surface area contributed by atoms with E-state index in [-0.39, 0.29) is 7.43 Å². The zero-order chi connectivity index (χ0) is 11.4. The highest BCUT2D eigenvalue weighted by Gasteiger charge is 1.98. The van der Waals surface area contributed by atoms with Crippen LogP contribution in [-0.2, 0) is 0 Å². The van der Waals surface area contributed by atoms with Crippen LogP contribution >= 0.6 is 0 Å². The highest BCUT2D eigenvalue weighted by molar-refractivity contribution is 5.64. The summed E-state index contributed by atoms with van der Waals surface area (Å²) < 4.78 is 0. The minimum atomic E-state index is 0. The van der Waals surface area contributed by atoms with Gasteiger partial charge < -0.3 is 0 Å². The van der Waals surface area contributed by atoms with Gasteiger partial charge in [-0.2, -0.15) is 10.5 Å². The maximum atomic E-state index is 8.68. The Morgan fingerprint density at radius 2 is 0.882 bits per heavy atom. The summed E-state index contributed by atoms with van der Waals surface area (Å²) in [5.74, 6) is 0. The van der Waals surface area contributed by atoms with E-state index in [1.54, 1.807) is 24.3 Å². The fourth-order valence-electron chi connectivity index (χ4n) is 1.47. The SMILES string of the molecule is C.N#Cc1ccc(-c2ccc(C#N)cc2)cc1. The molecule has 2 aromatic carbocycles. The van der Waals surface area contributed by atoms with Crippen LogP contribution in [-0.4, -0.2) is 0 Å². The zero-order valence-corrected chi connectivity index (χ0v) is 8.51. The van der Waals surface area contributed by atoms with E-state index >= 15 is 0 Å². The van der Waals surface area contributed by atoms with E-state index in [0.29, 0.717) is 11.1 Å². The van der Waals surface area contributed by atoms with Crippen LogP contribution in [0.2, 0.25) is 0 Å². The summed E-state index contributed by atoms with van der Waals surface area (Å²) in [6.45, 7) is 0. The van der Waals surface area contributed by atoms with E-state index in [9.17, 15) is 0 Å². The first-order valence-corrected chi connectivity index (χ1v) is 4.84. The minimum Gasteiger partial charge on any atom is -0.192 e. The lowest BCUT2D eigenvalue weighted by Gasteiger charge is -2.01. The summed E-state index contributed by atoms with van der Waals surface area (Å²) >= 11 is 0. The van der Waals surface area contributed by atoms with Gasteiger partial charge in [0.1, 0.15) is 0 Å². The molecule has 0 aliphatic heterocycles. The van der Waals surface area contributed by atoms with Crippen LogP contribution < -0.4 is 0 Å². The molecule has 2 heteroatoms. The lowest BCUT2D eigenvalue weighted by Crippen LogP contribution is -1.80. The maximum Gasteiger partial charge on any atom is 0.0991 e. The molecule has 82 valence electrons. The van der Waals surface area contributed by atoms with Crippen molar-refractivity contribution >= 4 is 0 Å². The van der Waals surface area contributed by atoms with E-state index in [4.69, 9.17) is 10.5 Å². The number of hydrogen-bond donors (Lipinski definition) is 0. The van der Waals surface area contributed by atoms with Crippen molar-refractivity contribution in [3.8, 4) is 23.3 Å². The van der Waals surface area contributed by atoms with Gasteiger partial charge in [-0.15, -0.1) is 0 Å². The molecule has 0 spiro atoms. The number of nitriles is 2. The van der Waals surface area contributed by atoms with E-state index in [0.717, 1.165) is 11.1 Å². The first-order valence-electron chi connectivity index (χ1n) is 4.84. The van der Waals surface area contributed by atoms with E-state index in [1.807, 2.05) is 24.3 Å². The summed E-state index contributed by atoms with van der Waals surface area (Å²) in [5.41, 5.74) is 3.39. The zero-order valence-electron chi connectivity index (χ0n) is 8.51. The van der Waals surface area contributed by atoms with Gasteiger partial charge in [0.15, 0.2) is 0 Å². The molecule has 2 aromatic rings. The van der Waals surface area contributed by atoms with Gasteiger partial charge in [-0.3, -0.25) is 0 Å². The Morgan fingerprint density at radius 3 is 1.12 bits per heavy atom. The van der Waals surface area contributed by atoms with Gasteiger partial charge in [0.05, 0.1) is 23.3 Å². The molecule has 0 saturated heterocycles. The molecule has 0 amide bonds. The molecule has 17 heavy (non-hydrogen) atoms. The van der Waals surface area contributed by atoms with E-state index < -0.39 is 0 Å². The second-order valence-corrected chi connectivity index (χ2v) is 3.38. The molecule has 0 fully saturated rings. The molecule has 0 aliphatic carbocycles. The Bertz CT molecular complexity index is 511. The number of hydrogen-bond acceptors (Lipinski definition) is 2. The predicted molar refractivity (Wildman–Crippen MR) is 68.0 cm³/mol. The normalized spacial score (nSPS) is 8.59. The number of rotatable bonds is 1. The monoisotopic (exact) mass is 220 g/mol. The second kappa shape index (κ2) is 5.49. The summed E-state index contributed by atoms with van der Waals surface area (Å²) in [5, 5.41) is 17.4. The molecule has 2 rings (SSSR count). The molecule has 0 aromatic heterocycles. The van der Waals surface area contributed by atoms with E-state index in [2.05, 4.69) is 12.1 Å². The highest BCUT2D eigenvalue weighted by Crippen LogP contribution is 2.19. The van der Waals surface area contributed by atoms with Crippen LogP contribution in [0.4, 0.5) is 0 Å². The molecule has 0 bridgehead atoms. The van der Waals surface area contributed by atoms with Crippen molar-refractivity contribution in [2.24, 2.45) is 0 Å². The Kier molecular flexibility index (Phi) is 4.03. The molecular formula is C15H12N2. The number of benzene rings is 2. The fourth-order valence-corrected chi connectivity index (χ4v) is 1.47. The fraction of sp³-hybridized carbons (Fsp3) is 0.0667. The lowest BCUT2D eigenvalue weighted by atomic mass is 10.0. The maximum absolute atomic E-state index is 8.68. The Labute approximate surface area is 101 Å². The van der Waals surface area contributed by atoms with Crippen molar-refractivity contribution < 1.29 is 0 Å². The molecule has 0 saturated carbocycles. The Balaban J connectivity index is 0.00000144. The molecule has 0 heterocycles. The summed E-state index contributed by atoms with van der Waals surface area (Å²) in [6.07, 6.45) is 0. The van der Waals surface area contributed by atoms with Crippen LogP contribution in [0.1, 0.15) is 18.6 Å². The van der Waals surface area contributed by atoms with Gasteiger partial charge in [-0.05, 0) is 35.4 Å². The third-order valence-electron chi connectivity index (χ3n) is 2.36. The van der Waals surface area contributed by atoms with Gasteiger partial charge in [-0.1, -0.05) is 31.7 Å². The van der Waals surface area contributed by atoms with Gasteiger partial charge in [0, 0.05) is 0 Å². The molecule has 0 aliphatic rings. The van der Waals surface area contributed by atoms with Crippen LogP contribution in [0, 0.1) is 22.7 Å². The third kappa shape index (κ3) is 2.71. The lowest BCUT2D eigenvalue weighted by molar-refractivity contribution is 1.47. The smallest absolute Gasteiger partial charge is 0.0991 e. The number of nitrogens with zero attached hydrogens (tertiary/aromatic N) is 2. The van der Waals surface area contributed by atoms with E-state index in [1.165, 1.54) is 0 Å². The van der Waals surface area contributed by atoms with Gasteiger partial charge in [0.2, 0.25) is 0 Å². The average molecular weight is 220 g/mol. The molecule has 0 atom stereocenters. The quantitative estimate of drug-likeness (QED) is 0.735. The molecule has 0 radical (unpaired) electrons. The van der Waals surface area contributed by atoms with Crippen molar-refractivity contribution in [3.63, 3.8) is 0 Å². The molecule has 0 unspecified atom stereocenters. The standard InChI is InChI=1S/C14H8N2.CH4/c15-9-11-1-5-13(6-2-11)14-7-3-12(10-16)4-8-14;/h1-8H;1H4. The van der Waals surface area contributed by atoms with Crippen molar-refractivity contribution in [2.45, 2.75) is 7.43 Å². The molecule has 0 N–H and O–H groups in total. The summed E-state index contributed by atoms with van der Waals surface area (Å²) in [6, 6.07) is 18.9. The minimum absolute atomic E-state index is 0. The van der Waals surface area contributed by atoms with Crippen LogP contribution in [0.25, 0.3) is 11.1 Å². The summed E-state index contributed by atoms with van der Waals surface area (Å²) in [7, 11) is 0. The Morgan fingerprint density at radius 1 is 0.588 bits per heavy atom. The molecule has 2 nitrogen and oxygen atoms in total. The van der Waals surface area contributed by atoms with Crippen LogP contribution in [0.3, 0.4) is 0 Å². The van der Waals surface area contributed by atoms with Crippen molar-refractivity contribution in [3.05, 3.63) is 59.7 Å². The van der Waals surface area contributed by atoms with Crippen LogP contribution in [0.15, 0.2) is 48.5 Å².